The number of nitriles is 1. The molecule has 8 heteroatoms. The summed E-state index contributed by atoms with van der Waals surface area (Å²) in [7, 11) is 1.55. The summed E-state index contributed by atoms with van der Waals surface area (Å²) < 4.78 is 13.3. The topological polar surface area (TPSA) is 71.3 Å². The summed E-state index contributed by atoms with van der Waals surface area (Å²) >= 11 is 11.6. The third-order valence-electron chi connectivity index (χ3n) is 4.67. The van der Waals surface area contributed by atoms with E-state index in [0.29, 0.717) is 34.4 Å². The Hall–Kier alpha value is -2.54. The lowest BCUT2D eigenvalue weighted by atomic mass is 10.1. The summed E-state index contributed by atoms with van der Waals surface area (Å²) in [6.07, 6.45) is 1.51. The van der Waals surface area contributed by atoms with Crippen LogP contribution in [-0.2, 0) is 11.4 Å². The highest BCUT2D eigenvalue weighted by Gasteiger charge is 2.15. The minimum Gasteiger partial charge on any atom is -0.493 e. The molecule has 33 heavy (non-hydrogen) atoms. The van der Waals surface area contributed by atoms with Gasteiger partial charge in [0.25, 0.3) is 5.91 Å². The van der Waals surface area contributed by atoms with Crippen LogP contribution in [-0.4, -0.2) is 13.0 Å². The molecule has 0 atom stereocenters. The molecule has 5 nitrogen and oxygen atoms in total. The number of hydrogen-bond donors (Lipinski definition) is 1. The van der Waals surface area contributed by atoms with E-state index in [1.165, 1.54) is 6.08 Å². The molecule has 0 aliphatic carbocycles. The second-order valence-electron chi connectivity index (χ2n) is 7.03. The lowest BCUT2D eigenvalue weighted by molar-refractivity contribution is -0.112. The van der Waals surface area contributed by atoms with Gasteiger partial charge in [0.1, 0.15) is 18.2 Å². The summed E-state index contributed by atoms with van der Waals surface area (Å²) in [4.78, 5) is 12.7. The third-order valence-corrected chi connectivity index (χ3v) is 6.24. The maximum absolute atomic E-state index is 12.7. The quantitative estimate of drug-likeness (QED) is 0.170. The van der Waals surface area contributed by atoms with E-state index in [2.05, 4.69) is 43.8 Å². The number of anilines is 1. The fourth-order valence-electron chi connectivity index (χ4n) is 2.93. The molecule has 0 radical (unpaired) electrons. The van der Waals surface area contributed by atoms with Gasteiger partial charge in [-0.25, -0.2) is 0 Å². The zero-order chi connectivity index (χ0) is 24.0. The van der Waals surface area contributed by atoms with E-state index in [9.17, 15) is 10.1 Å². The molecule has 0 bridgehead atoms. The van der Waals surface area contributed by atoms with Crippen LogP contribution in [0.1, 0.15) is 16.7 Å². The molecule has 0 aliphatic rings. The minimum atomic E-state index is -0.521. The maximum atomic E-state index is 12.7. The van der Waals surface area contributed by atoms with Gasteiger partial charge >= 0.3 is 0 Å². The van der Waals surface area contributed by atoms with Gasteiger partial charge in [0, 0.05) is 15.2 Å². The summed E-state index contributed by atoms with van der Waals surface area (Å²) in [6.45, 7) is 2.22. The van der Waals surface area contributed by atoms with Gasteiger partial charge in [0.2, 0.25) is 0 Å². The highest BCUT2D eigenvalue weighted by atomic mass is 127. The van der Waals surface area contributed by atoms with Gasteiger partial charge in [-0.2, -0.15) is 5.26 Å². The van der Waals surface area contributed by atoms with E-state index in [4.69, 9.17) is 21.1 Å². The Kier molecular flexibility index (Phi) is 8.78. The predicted molar refractivity (Wildman–Crippen MR) is 143 cm³/mol. The minimum absolute atomic E-state index is 0.0456. The van der Waals surface area contributed by atoms with Crippen molar-refractivity contribution >= 4 is 67.8 Å². The molecule has 3 aromatic carbocycles. The van der Waals surface area contributed by atoms with Gasteiger partial charge in [-0.05, 0) is 88.7 Å². The molecule has 1 N–H and O–H groups in total. The predicted octanol–water partition coefficient (Wildman–Crippen LogP) is 7.15. The van der Waals surface area contributed by atoms with E-state index in [1.54, 1.807) is 31.4 Å². The van der Waals surface area contributed by atoms with Crippen molar-refractivity contribution in [2.75, 3.05) is 12.4 Å². The zero-order valence-corrected chi connectivity index (χ0v) is 22.3. The molecule has 168 valence electrons. The molecule has 0 unspecified atom stereocenters. The number of rotatable bonds is 7. The number of benzene rings is 3. The van der Waals surface area contributed by atoms with E-state index in [-0.39, 0.29) is 5.57 Å². The van der Waals surface area contributed by atoms with Crippen molar-refractivity contribution in [1.29, 1.82) is 5.26 Å². The van der Waals surface area contributed by atoms with Crippen molar-refractivity contribution < 1.29 is 14.3 Å². The first-order valence-electron chi connectivity index (χ1n) is 9.74. The van der Waals surface area contributed by atoms with Crippen LogP contribution < -0.4 is 14.8 Å². The lowest BCUT2D eigenvalue weighted by Gasteiger charge is -2.14. The Balaban J connectivity index is 1.83. The Morgan fingerprint density at radius 3 is 2.61 bits per heavy atom. The second kappa shape index (κ2) is 11.5. The fourth-order valence-corrected chi connectivity index (χ4v) is 4.15. The molecule has 0 aromatic heterocycles. The molecule has 1 amide bonds. The van der Waals surface area contributed by atoms with Gasteiger partial charge in [-0.3, -0.25) is 4.79 Å². The van der Waals surface area contributed by atoms with Crippen molar-refractivity contribution in [3.05, 3.63) is 89.9 Å². The monoisotopic (exact) mass is 636 g/mol. The van der Waals surface area contributed by atoms with Crippen LogP contribution in [0, 0.1) is 21.8 Å². The van der Waals surface area contributed by atoms with Crippen LogP contribution >= 0.6 is 50.1 Å². The Morgan fingerprint density at radius 2 is 1.94 bits per heavy atom. The first-order chi connectivity index (χ1) is 15.8. The van der Waals surface area contributed by atoms with E-state index in [0.717, 1.165) is 19.2 Å². The molecule has 0 fully saturated rings. The van der Waals surface area contributed by atoms with E-state index in [1.807, 2.05) is 43.3 Å². The molecule has 3 aromatic rings. The number of nitrogens with one attached hydrogen (secondary N) is 1. The fraction of sp³-hybridized carbons (Fsp3) is 0.120. The smallest absolute Gasteiger partial charge is 0.266 e. The molecule has 0 spiro atoms. The van der Waals surface area contributed by atoms with Crippen LogP contribution in [0.15, 0.2) is 64.6 Å². The average Bonchev–Trinajstić information content (AvgIpc) is 2.79. The van der Waals surface area contributed by atoms with Crippen LogP contribution in [0.4, 0.5) is 5.69 Å². The highest BCUT2D eigenvalue weighted by Crippen LogP contribution is 2.35. The Morgan fingerprint density at radius 1 is 1.21 bits per heavy atom. The number of aryl methyl sites for hydroxylation is 1. The number of halogens is 3. The first kappa shape index (κ1) is 25.1. The van der Waals surface area contributed by atoms with Crippen LogP contribution in [0.2, 0.25) is 5.02 Å². The van der Waals surface area contributed by atoms with Crippen LogP contribution in [0.3, 0.4) is 0 Å². The van der Waals surface area contributed by atoms with Gasteiger partial charge in [0.05, 0.1) is 10.7 Å². The molecule has 0 saturated carbocycles. The Bertz CT molecular complexity index is 1250. The number of hydrogen-bond acceptors (Lipinski definition) is 4. The van der Waals surface area contributed by atoms with Gasteiger partial charge < -0.3 is 14.8 Å². The first-order valence-corrected chi connectivity index (χ1v) is 12.0. The number of methoxy groups -OCH3 is 1. The van der Waals surface area contributed by atoms with Crippen molar-refractivity contribution in [3.8, 4) is 17.6 Å². The largest absolute Gasteiger partial charge is 0.493 e. The normalized spacial score (nSPS) is 11.0. The number of nitrogens with zero attached hydrogens (tertiary/aromatic N) is 1. The molecule has 3 rings (SSSR count). The molecule has 0 saturated heterocycles. The van der Waals surface area contributed by atoms with Crippen molar-refractivity contribution in [1.82, 2.24) is 0 Å². The van der Waals surface area contributed by atoms with Crippen molar-refractivity contribution in [3.63, 3.8) is 0 Å². The van der Waals surface area contributed by atoms with Crippen molar-refractivity contribution in [2.45, 2.75) is 13.5 Å². The van der Waals surface area contributed by atoms with Gasteiger partial charge in [-0.1, -0.05) is 45.7 Å². The van der Waals surface area contributed by atoms with E-state index < -0.39 is 5.91 Å². The van der Waals surface area contributed by atoms with Gasteiger partial charge in [0.15, 0.2) is 11.5 Å². The molecular weight excluding hydrogens is 619 g/mol. The molecular formula is C25H19BrClIN2O3. The average molecular weight is 638 g/mol. The maximum Gasteiger partial charge on any atom is 0.266 e. The van der Waals surface area contributed by atoms with Gasteiger partial charge in [-0.15, -0.1) is 0 Å². The highest BCUT2D eigenvalue weighted by molar-refractivity contribution is 14.1. The van der Waals surface area contributed by atoms with E-state index >= 15 is 0 Å². The number of ether oxygens (including phenoxy) is 2. The zero-order valence-electron chi connectivity index (χ0n) is 17.8. The lowest BCUT2D eigenvalue weighted by Crippen LogP contribution is -2.14. The van der Waals surface area contributed by atoms with Crippen molar-refractivity contribution in [2.24, 2.45) is 0 Å². The third kappa shape index (κ3) is 6.73. The summed E-state index contributed by atoms with van der Waals surface area (Å²) in [5, 5.41) is 12.8. The molecule has 0 aliphatic heterocycles. The number of carbonyl (C=O) groups is 1. The standard InChI is InChI=1S/C25H19BrClIN2O3/c1-15-3-8-20(27)12-22(15)30-25(31)18(13-29)9-17-10-21(28)24(23(11-17)32-2)33-14-16-4-6-19(26)7-5-16/h3-12H,14H2,1-2H3,(H,30,31)/b18-9+. The number of carbonyl (C=O) groups excluding carboxylic acids is 1. The van der Waals surface area contributed by atoms with Crippen LogP contribution in [0.5, 0.6) is 11.5 Å². The Labute approximate surface area is 219 Å². The molecule has 0 heterocycles. The SMILES string of the molecule is COc1cc(/C=C(\C#N)C(=O)Nc2cc(Cl)ccc2C)cc(I)c1OCc1ccc(Br)cc1. The number of amides is 1. The second-order valence-corrected chi connectivity index (χ2v) is 9.55. The van der Waals surface area contributed by atoms with Crippen LogP contribution in [0.25, 0.3) is 6.08 Å². The summed E-state index contributed by atoms with van der Waals surface area (Å²) in [5.74, 6) is 0.580. The summed E-state index contributed by atoms with van der Waals surface area (Å²) in [6, 6.07) is 18.6. The summed E-state index contributed by atoms with van der Waals surface area (Å²) in [5.41, 5.74) is 3.00.